The van der Waals surface area contributed by atoms with Crippen molar-refractivity contribution in [2.24, 2.45) is 5.73 Å². The van der Waals surface area contributed by atoms with Gasteiger partial charge in [-0.05, 0) is 30.5 Å². The van der Waals surface area contributed by atoms with E-state index in [1.54, 1.807) is 6.07 Å². The lowest BCUT2D eigenvalue weighted by Gasteiger charge is -2.34. The summed E-state index contributed by atoms with van der Waals surface area (Å²) in [6.07, 6.45) is 1.66. The molecule has 1 amide bonds. The third-order valence-corrected chi connectivity index (χ3v) is 3.75. The maximum atomic E-state index is 13.5. The van der Waals surface area contributed by atoms with Crippen molar-refractivity contribution in [3.05, 3.63) is 35.6 Å². The smallest absolute Gasteiger partial charge is 0.234 e. The molecule has 1 aromatic carbocycles. The molecule has 3 N–H and O–H groups in total. The molecule has 4 nitrogen and oxygen atoms in total. The molecule has 0 aromatic heterocycles. The van der Waals surface area contributed by atoms with Crippen LogP contribution in [-0.4, -0.2) is 36.5 Å². The quantitative estimate of drug-likeness (QED) is 0.876. The van der Waals surface area contributed by atoms with Crippen LogP contribution in [-0.2, 0) is 4.79 Å². The van der Waals surface area contributed by atoms with Gasteiger partial charge in [0.1, 0.15) is 5.82 Å². The van der Waals surface area contributed by atoms with Crippen LogP contribution in [0, 0.1) is 5.82 Å². The van der Waals surface area contributed by atoms with Crippen LogP contribution < -0.4 is 11.1 Å². The number of benzene rings is 1. The number of carbonyl (C=O) groups excluding carboxylic acids is 1. The maximum absolute atomic E-state index is 13.5. The van der Waals surface area contributed by atoms with E-state index in [1.807, 2.05) is 13.0 Å². The van der Waals surface area contributed by atoms with Crippen LogP contribution in [0.15, 0.2) is 24.3 Å². The first kappa shape index (κ1) is 14.9. The van der Waals surface area contributed by atoms with Gasteiger partial charge in [0.25, 0.3) is 0 Å². The second kappa shape index (κ2) is 6.81. The van der Waals surface area contributed by atoms with Crippen molar-refractivity contribution in [1.29, 1.82) is 0 Å². The molecule has 5 heteroatoms. The Morgan fingerprint density at radius 2 is 2.30 bits per heavy atom. The van der Waals surface area contributed by atoms with Crippen LogP contribution in [0.4, 0.5) is 4.39 Å². The lowest BCUT2D eigenvalue weighted by Crippen LogP contribution is -2.43. The number of halogens is 1. The average Bonchev–Trinajstić information content (AvgIpc) is 2.63. The van der Waals surface area contributed by atoms with Gasteiger partial charge in [0.05, 0.1) is 12.6 Å². The van der Waals surface area contributed by atoms with Crippen LogP contribution >= 0.6 is 0 Å². The minimum atomic E-state index is -0.268. The van der Waals surface area contributed by atoms with Crippen molar-refractivity contribution in [1.82, 2.24) is 10.2 Å². The molecule has 1 aromatic rings. The number of hydrogen-bond acceptors (Lipinski definition) is 3. The van der Waals surface area contributed by atoms with E-state index in [2.05, 4.69) is 10.2 Å². The summed E-state index contributed by atoms with van der Waals surface area (Å²) in [6.45, 7) is 3.80. The summed E-state index contributed by atoms with van der Waals surface area (Å²) in [5.41, 5.74) is 7.07. The summed E-state index contributed by atoms with van der Waals surface area (Å²) < 4.78 is 13.5. The Balaban J connectivity index is 2.29. The predicted molar refractivity (Wildman–Crippen MR) is 76.6 cm³/mol. The number of rotatable bonds is 4. The van der Waals surface area contributed by atoms with E-state index in [0.717, 1.165) is 24.9 Å². The van der Waals surface area contributed by atoms with Crippen molar-refractivity contribution in [2.45, 2.75) is 31.8 Å². The molecule has 0 aliphatic carbocycles. The van der Waals surface area contributed by atoms with Crippen LogP contribution in [0.3, 0.4) is 0 Å². The normalized spacial score (nSPS) is 20.1. The Morgan fingerprint density at radius 3 is 3.00 bits per heavy atom. The maximum Gasteiger partial charge on any atom is 0.234 e. The molecule has 0 spiro atoms. The van der Waals surface area contributed by atoms with Crippen LogP contribution in [0.5, 0.6) is 0 Å². The van der Waals surface area contributed by atoms with Gasteiger partial charge in [-0.2, -0.15) is 0 Å². The van der Waals surface area contributed by atoms with E-state index in [4.69, 9.17) is 5.73 Å². The van der Waals surface area contributed by atoms with E-state index in [9.17, 15) is 9.18 Å². The van der Waals surface area contributed by atoms with Gasteiger partial charge in [-0.15, -0.1) is 0 Å². The molecule has 20 heavy (non-hydrogen) atoms. The van der Waals surface area contributed by atoms with Gasteiger partial charge < -0.3 is 11.1 Å². The van der Waals surface area contributed by atoms with Gasteiger partial charge in [0, 0.05) is 19.1 Å². The highest BCUT2D eigenvalue weighted by atomic mass is 19.1. The summed E-state index contributed by atoms with van der Waals surface area (Å²) in [4.78, 5) is 13.8. The van der Waals surface area contributed by atoms with Gasteiger partial charge >= 0.3 is 0 Å². The third-order valence-electron chi connectivity index (χ3n) is 3.75. The lowest BCUT2D eigenvalue weighted by atomic mass is 9.96. The Labute approximate surface area is 119 Å². The predicted octanol–water partition coefficient (Wildman–Crippen LogP) is 1.43. The Kier molecular flexibility index (Phi) is 5.09. The fraction of sp³-hybridized carbons (Fsp3) is 0.533. The number of carbonyl (C=O) groups is 1. The molecule has 0 radical (unpaired) electrons. The molecule has 0 bridgehead atoms. The largest absolute Gasteiger partial charge is 0.355 e. The first-order valence-electron chi connectivity index (χ1n) is 7.13. The number of nitrogens with one attached hydrogen (secondary N) is 1. The summed E-state index contributed by atoms with van der Waals surface area (Å²) in [5.74, 6) is -0.262. The standard InChI is InChI=1S/C15H22FN3O/c1-2-13(17)15(11-5-3-6-12(16)9-11)19-8-4-7-18-14(20)10-19/h3,5-6,9,13,15H,2,4,7-8,10,17H2,1H3,(H,18,20). The number of nitrogens with zero attached hydrogens (tertiary/aromatic N) is 1. The molecular formula is C15H22FN3O. The van der Waals surface area contributed by atoms with Gasteiger partial charge in [-0.25, -0.2) is 4.39 Å². The van der Waals surface area contributed by atoms with Crippen molar-refractivity contribution in [3.8, 4) is 0 Å². The van der Waals surface area contributed by atoms with Gasteiger partial charge in [0.15, 0.2) is 0 Å². The van der Waals surface area contributed by atoms with E-state index < -0.39 is 0 Å². The summed E-state index contributed by atoms with van der Waals surface area (Å²) >= 11 is 0. The molecule has 0 saturated carbocycles. The van der Waals surface area contributed by atoms with Crippen molar-refractivity contribution < 1.29 is 9.18 Å². The Bertz CT molecular complexity index is 466. The lowest BCUT2D eigenvalue weighted by molar-refractivity contribution is -0.122. The highest BCUT2D eigenvalue weighted by Crippen LogP contribution is 2.26. The highest BCUT2D eigenvalue weighted by molar-refractivity contribution is 5.78. The van der Waals surface area contributed by atoms with Crippen LogP contribution in [0.2, 0.25) is 0 Å². The number of nitrogens with two attached hydrogens (primary N) is 1. The van der Waals surface area contributed by atoms with Gasteiger partial charge in [-0.1, -0.05) is 19.1 Å². The SMILES string of the molecule is CCC(N)C(c1cccc(F)c1)N1CCCNC(=O)C1. The molecule has 1 fully saturated rings. The molecule has 110 valence electrons. The first-order valence-corrected chi connectivity index (χ1v) is 7.13. The number of hydrogen-bond donors (Lipinski definition) is 2. The molecule has 2 rings (SSSR count). The van der Waals surface area contributed by atoms with Crippen LogP contribution in [0.25, 0.3) is 0 Å². The molecule has 1 aliphatic rings. The minimum Gasteiger partial charge on any atom is -0.355 e. The average molecular weight is 279 g/mol. The zero-order valence-corrected chi connectivity index (χ0v) is 11.8. The van der Waals surface area contributed by atoms with Crippen molar-refractivity contribution in [2.75, 3.05) is 19.6 Å². The van der Waals surface area contributed by atoms with E-state index in [0.29, 0.717) is 13.1 Å². The summed E-state index contributed by atoms with van der Waals surface area (Å²) in [6, 6.07) is 6.27. The zero-order chi connectivity index (χ0) is 14.5. The molecule has 2 atom stereocenters. The van der Waals surface area contributed by atoms with E-state index >= 15 is 0 Å². The zero-order valence-electron chi connectivity index (χ0n) is 11.8. The minimum absolute atomic E-state index is 0.00667. The van der Waals surface area contributed by atoms with Gasteiger partial charge in [0.2, 0.25) is 5.91 Å². The third kappa shape index (κ3) is 3.55. The fourth-order valence-corrected chi connectivity index (χ4v) is 2.71. The molecule has 1 aliphatic heterocycles. The summed E-state index contributed by atoms with van der Waals surface area (Å²) in [5, 5.41) is 2.85. The Hall–Kier alpha value is -1.46. The van der Waals surface area contributed by atoms with E-state index in [1.165, 1.54) is 12.1 Å². The van der Waals surface area contributed by atoms with E-state index in [-0.39, 0.29) is 23.8 Å². The first-order chi connectivity index (χ1) is 9.61. The molecule has 1 heterocycles. The molecule has 1 saturated heterocycles. The van der Waals surface area contributed by atoms with Crippen molar-refractivity contribution >= 4 is 5.91 Å². The monoisotopic (exact) mass is 279 g/mol. The molecule has 2 unspecified atom stereocenters. The number of amides is 1. The van der Waals surface area contributed by atoms with Gasteiger partial charge in [-0.3, -0.25) is 9.69 Å². The fourth-order valence-electron chi connectivity index (χ4n) is 2.71. The summed E-state index contributed by atoms with van der Waals surface area (Å²) in [7, 11) is 0. The second-order valence-corrected chi connectivity index (χ2v) is 5.25. The topological polar surface area (TPSA) is 58.4 Å². The Morgan fingerprint density at radius 1 is 1.50 bits per heavy atom. The van der Waals surface area contributed by atoms with Crippen molar-refractivity contribution in [3.63, 3.8) is 0 Å². The second-order valence-electron chi connectivity index (χ2n) is 5.25. The highest BCUT2D eigenvalue weighted by Gasteiger charge is 2.28. The van der Waals surface area contributed by atoms with Crippen LogP contribution in [0.1, 0.15) is 31.4 Å². The molecular weight excluding hydrogens is 257 g/mol.